The van der Waals surface area contributed by atoms with E-state index in [9.17, 15) is 9.90 Å². The quantitative estimate of drug-likeness (QED) is 0.753. The first kappa shape index (κ1) is 16.2. The molecule has 0 aliphatic heterocycles. The number of amides is 1. The van der Waals surface area contributed by atoms with Crippen LogP contribution in [0, 0.1) is 0 Å². The summed E-state index contributed by atoms with van der Waals surface area (Å²) in [5, 5.41) is 21.1. The second kappa shape index (κ2) is 7.17. The highest BCUT2D eigenvalue weighted by Crippen LogP contribution is 2.25. The number of carbonyl (C=O) groups is 1. The molecule has 0 saturated heterocycles. The third kappa shape index (κ3) is 3.51. The van der Waals surface area contributed by atoms with Gasteiger partial charge in [0.05, 0.1) is 17.3 Å². The van der Waals surface area contributed by atoms with Gasteiger partial charge in [0.2, 0.25) is 0 Å². The van der Waals surface area contributed by atoms with E-state index in [0.717, 1.165) is 17.4 Å². The summed E-state index contributed by atoms with van der Waals surface area (Å²) >= 11 is 0. The Morgan fingerprint density at radius 2 is 2.18 bits per heavy atom. The van der Waals surface area contributed by atoms with Gasteiger partial charge in [-0.15, -0.1) is 10.2 Å². The standard InChI is InChI=1S/C16H22N4O2/c1-3-9-18-16(22)15-13(17)12-6-4-5-11(8-7-10(2)21)14(12)19-20-15/h4-6,10,21H,3,7-9H2,1-2H3,(H2,17,19)(H,18,22). The molecule has 0 aliphatic rings. The molecule has 0 radical (unpaired) electrons. The molecule has 1 heterocycles. The number of nitrogens with two attached hydrogens (primary N) is 1. The van der Waals surface area contributed by atoms with E-state index in [1.807, 2.05) is 25.1 Å². The summed E-state index contributed by atoms with van der Waals surface area (Å²) in [7, 11) is 0. The summed E-state index contributed by atoms with van der Waals surface area (Å²) in [5.74, 6) is -0.303. The van der Waals surface area contributed by atoms with E-state index in [0.29, 0.717) is 30.6 Å². The van der Waals surface area contributed by atoms with Crippen LogP contribution in [0.3, 0.4) is 0 Å². The summed E-state index contributed by atoms with van der Waals surface area (Å²) in [6.45, 7) is 4.30. The number of rotatable bonds is 6. The van der Waals surface area contributed by atoms with Crippen LogP contribution in [0.15, 0.2) is 18.2 Å². The van der Waals surface area contributed by atoms with E-state index in [1.54, 1.807) is 6.92 Å². The van der Waals surface area contributed by atoms with Crippen LogP contribution in [0.25, 0.3) is 10.9 Å². The topological polar surface area (TPSA) is 101 Å². The fraction of sp³-hybridized carbons (Fsp3) is 0.438. The average Bonchev–Trinajstić information content (AvgIpc) is 2.51. The maximum absolute atomic E-state index is 12.0. The number of aromatic nitrogens is 2. The van der Waals surface area contributed by atoms with E-state index >= 15 is 0 Å². The highest BCUT2D eigenvalue weighted by atomic mass is 16.3. The first-order chi connectivity index (χ1) is 10.5. The van der Waals surface area contributed by atoms with Crippen molar-refractivity contribution in [2.45, 2.75) is 39.2 Å². The van der Waals surface area contributed by atoms with Gasteiger partial charge in [-0.2, -0.15) is 0 Å². The molecule has 1 atom stereocenters. The Bertz CT molecular complexity index is 670. The molecule has 2 aromatic rings. The SMILES string of the molecule is CCCNC(=O)c1nnc2c(CCC(C)O)cccc2c1N. The number of fused-ring (bicyclic) bond motifs is 1. The van der Waals surface area contributed by atoms with Crippen LogP contribution >= 0.6 is 0 Å². The first-order valence-corrected chi connectivity index (χ1v) is 7.54. The smallest absolute Gasteiger partial charge is 0.273 e. The Balaban J connectivity index is 2.38. The minimum atomic E-state index is -0.375. The molecule has 6 nitrogen and oxygen atoms in total. The van der Waals surface area contributed by atoms with Crippen molar-refractivity contribution in [1.29, 1.82) is 0 Å². The van der Waals surface area contributed by atoms with E-state index < -0.39 is 0 Å². The Morgan fingerprint density at radius 3 is 2.86 bits per heavy atom. The van der Waals surface area contributed by atoms with Gasteiger partial charge in [0, 0.05) is 11.9 Å². The molecule has 6 heteroatoms. The summed E-state index contributed by atoms with van der Waals surface area (Å²) in [6, 6.07) is 5.66. The van der Waals surface area contributed by atoms with Gasteiger partial charge in [-0.3, -0.25) is 4.79 Å². The van der Waals surface area contributed by atoms with Crippen molar-refractivity contribution in [3.05, 3.63) is 29.5 Å². The normalized spacial score (nSPS) is 12.3. The minimum absolute atomic E-state index is 0.161. The zero-order valence-electron chi connectivity index (χ0n) is 13.0. The van der Waals surface area contributed by atoms with Gasteiger partial charge in [-0.1, -0.05) is 25.1 Å². The fourth-order valence-corrected chi connectivity index (χ4v) is 2.26. The fourth-order valence-electron chi connectivity index (χ4n) is 2.26. The largest absolute Gasteiger partial charge is 0.396 e. The van der Waals surface area contributed by atoms with Crippen molar-refractivity contribution in [3.63, 3.8) is 0 Å². The van der Waals surface area contributed by atoms with Crippen molar-refractivity contribution in [2.75, 3.05) is 12.3 Å². The monoisotopic (exact) mass is 302 g/mol. The van der Waals surface area contributed by atoms with Crippen molar-refractivity contribution in [3.8, 4) is 0 Å². The van der Waals surface area contributed by atoms with Crippen LogP contribution < -0.4 is 11.1 Å². The summed E-state index contributed by atoms with van der Waals surface area (Å²) in [4.78, 5) is 12.0. The number of nitrogen functional groups attached to an aromatic ring is 1. The Morgan fingerprint density at radius 1 is 1.41 bits per heavy atom. The van der Waals surface area contributed by atoms with Crippen LogP contribution in [0.2, 0.25) is 0 Å². The van der Waals surface area contributed by atoms with Crippen LogP contribution in [0.5, 0.6) is 0 Å². The maximum atomic E-state index is 12.0. The highest BCUT2D eigenvalue weighted by Gasteiger charge is 2.16. The number of hydrogen-bond donors (Lipinski definition) is 3. The van der Waals surface area contributed by atoms with Gasteiger partial charge in [0.25, 0.3) is 5.91 Å². The first-order valence-electron chi connectivity index (χ1n) is 7.54. The van der Waals surface area contributed by atoms with Crippen LogP contribution in [-0.2, 0) is 6.42 Å². The van der Waals surface area contributed by atoms with Crippen molar-refractivity contribution >= 4 is 22.5 Å². The summed E-state index contributed by atoms with van der Waals surface area (Å²) in [6.07, 6.45) is 1.79. The minimum Gasteiger partial charge on any atom is -0.396 e. The lowest BCUT2D eigenvalue weighted by Gasteiger charge is -2.11. The lowest BCUT2D eigenvalue weighted by Crippen LogP contribution is -2.26. The van der Waals surface area contributed by atoms with E-state index in [2.05, 4.69) is 15.5 Å². The molecule has 0 spiro atoms. The van der Waals surface area contributed by atoms with Crippen molar-refractivity contribution < 1.29 is 9.90 Å². The van der Waals surface area contributed by atoms with Gasteiger partial charge in [-0.25, -0.2) is 0 Å². The zero-order valence-corrected chi connectivity index (χ0v) is 13.0. The lowest BCUT2D eigenvalue weighted by atomic mass is 10.0. The molecule has 118 valence electrons. The Labute approximate surface area is 129 Å². The molecule has 1 unspecified atom stereocenters. The third-order valence-corrected chi connectivity index (χ3v) is 3.50. The number of nitrogens with one attached hydrogen (secondary N) is 1. The number of hydrogen-bond acceptors (Lipinski definition) is 5. The summed E-state index contributed by atoms with van der Waals surface area (Å²) < 4.78 is 0. The van der Waals surface area contributed by atoms with Gasteiger partial charge in [-0.05, 0) is 31.7 Å². The Kier molecular flexibility index (Phi) is 5.27. The van der Waals surface area contributed by atoms with E-state index in [1.165, 1.54) is 0 Å². The molecular weight excluding hydrogens is 280 g/mol. The van der Waals surface area contributed by atoms with Gasteiger partial charge in [0.15, 0.2) is 5.69 Å². The van der Waals surface area contributed by atoms with Gasteiger partial charge in [0.1, 0.15) is 0 Å². The number of aliphatic hydroxyl groups excluding tert-OH is 1. The number of aryl methyl sites for hydroxylation is 1. The predicted octanol–water partition coefficient (Wildman–Crippen LogP) is 1.67. The molecule has 1 aromatic heterocycles. The van der Waals surface area contributed by atoms with Crippen LogP contribution in [-0.4, -0.2) is 33.9 Å². The van der Waals surface area contributed by atoms with Crippen molar-refractivity contribution in [2.24, 2.45) is 0 Å². The Hall–Kier alpha value is -2.21. The summed E-state index contributed by atoms with van der Waals surface area (Å²) in [5.41, 5.74) is 8.27. The average molecular weight is 302 g/mol. The molecule has 2 rings (SSSR count). The molecule has 1 aromatic carbocycles. The van der Waals surface area contributed by atoms with Crippen LogP contribution in [0.4, 0.5) is 5.69 Å². The molecule has 22 heavy (non-hydrogen) atoms. The maximum Gasteiger partial charge on any atom is 0.273 e. The number of nitrogens with zero attached hydrogens (tertiary/aromatic N) is 2. The number of anilines is 1. The molecule has 0 bridgehead atoms. The predicted molar refractivity (Wildman–Crippen MR) is 86.6 cm³/mol. The second-order valence-electron chi connectivity index (χ2n) is 5.42. The van der Waals surface area contributed by atoms with E-state index in [4.69, 9.17) is 5.73 Å². The number of benzene rings is 1. The molecule has 0 saturated carbocycles. The molecular formula is C16H22N4O2. The van der Waals surface area contributed by atoms with Crippen LogP contribution in [0.1, 0.15) is 42.7 Å². The molecule has 1 amide bonds. The van der Waals surface area contributed by atoms with Gasteiger partial charge >= 0.3 is 0 Å². The number of carbonyl (C=O) groups excluding carboxylic acids is 1. The van der Waals surface area contributed by atoms with Crippen molar-refractivity contribution in [1.82, 2.24) is 15.5 Å². The van der Waals surface area contributed by atoms with E-state index in [-0.39, 0.29) is 17.7 Å². The second-order valence-corrected chi connectivity index (χ2v) is 5.42. The highest BCUT2D eigenvalue weighted by molar-refractivity contribution is 6.04. The molecule has 0 aliphatic carbocycles. The number of aliphatic hydroxyl groups is 1. The molecule has 4 N–H and O–H groups in total. The molecule has 0 fully saturated rings. The third-order valence-electron chi connectivity index (χ3n) is 3.50. The van der Waals surface area contributed by atoms with Gasteiger partial charge < -0.3 is 16.2 Å². The zero-order chi connectivity index (χ0) is 16.1. The lowest BCUT2D eigenvalue weighted by molar-refractivity contribution is 0.0949.